The number of benzene rings is 22. The van der Waals surface area contributed by atoms with E-state index < -0.39 is 0 Å². The average molecular weight is 1780 g/mol. The van der Waals surface area contributed by atoms with Gasteiger partial charge in [0.1, 0.15) is 5.65 Å². The van der Waals surface area contributed by atoms with E-state index in [0.29, 0.717) is 0 Å². The Morgan fingerprint density at radius 1 is 0.150 bits per heavy atom. The van der Waals surface area contributed by atoms with Crippen molar-refractivity contribution in [3.63, 3.8) is 0 Å². The Morgan fingerprint density at radius 2 is 0.464 bits per heavy atom. The number of fused-ring (bicyclic) bond motifs is 36. The second-order valence-corrected chi connectivity index (χ2v) is 37.5. The molecule has 10 heterocycles. The average Bonchev–Trinajstić information content (AvgIpc) is 1.54. The molecule has 0 aliphatic rings. The van der Waals surface area contributed by atoms with E-state index in [9.17, 15) is 0 Å². The summed E-state index contributed by atoms with van der Waals surface area (Å²) in [6.07, 6.45) is 0. The molecule has 0 amide bonds. The first-order chi connectivity index (χ1) is 69.5. The maximum Gasteiger partial charge on any atom is 0.221 e. The first-order valence-corrected chi connectivity index (χ1v) is 47.9. The fourth-order valence-electron chi connectivity index (χ4n) is 24.5. The summed E-state index contributed by atoms with van der Waals surface area (Å²) in [6.45, 7) is 0. The molecular formula is C128H74N12. The molecule has 12 heteroatoms. The Kier molecular flexibility index (Phi) is 15.2. The lowest BCUT2D eigenvalue weighted by atomic mass is 9.94. The van der Waals surface area contributed by atoms with E-state index in [4.69, 9.17) is 19.9 Å². The number of para-hydroxylation sites is 12. The normalized spacial score (nSPS) is 12.4. The molecule has 32 rings (SSSR count). The van der Waals surface area contributed by atoms with Crippen LogP contribution in [0, 0.1) is 0 Å². The zero-order chi connectivity index (χ0) is 91.0. The molecule has 10 aromatic heterocycles. The predicted molar refractivity (Wildman–Crippen MR) is 582 cm³/mol. The largest absolute Gasteiger partial charge is 0.309 e. The number of imidazole rings is 2. The molecule has 0 bridgehead atoms. The van der Waals surface area contributed by atoms with Crippen molar-refractivity contribution < 1.29 is 0 Å². The van der Waals surface area contributed by atoms with Gasteiger partial charge in [0.15, 0.2) is 5.65 Å². The van der Waals surface area contributed by atoms with Crippen LogP contribution in [0.5, 0.6) is 0 Å². The Balaban J connectivity index is 0.599. The predicted octanol–water partition coefficient (Wildman–Crippen LogP) is 32.6. The number of hydrogen-bond donors (Lipinski definition) is 0. The summed E-state index contributed by atoms with van der Waals surface area (Å²) in [5, 5.41) is 25.1. The number of nitrogens with zero attached hydrogens (tertiary/aromatic N) is 12. The standard InChI is InChI=1S/C128H74N12/c1-3-32-85-75(30-1)60-63-98-91-38-12-23-54-113(91)135(121(85)98)82-68-79(69-83(72-82)136-114-55-24-13-39-92(114)99-64-61-76-31-2-4-33-86(76)122(99)136)102-74-105-95-42-16-26-57-116(95)138(124(105)97-44-8-6-35-88(97)102)128-132-109-50-29-46-84(120(109)126-130-108-49-19-28-59-119(108)140(126)128)77-62-65-117-103(70-77)93-40-14-22-53-112(93)134(117)81-67-78(66-80(71-81)133-110-51-20-10-36-89(110)90-37-11-21-52-111(90)133)101-73-104-94-41-15-25-56-115(94)137(123(104)96-43-7-5-34-87(96)101)127-131-106-47-17-9-45-100(106)125-129-107-48-18-27-58-118(107)139(125)127/h1-74H. The van der Waals surface area contributed by atoms with Gasteiger partial charge in [-0.15, -0.1) is 0 Å². The quantitative estimate of drug-likeness (QED) is 0.144. The molecule has 0 aliphatic heterocycles. The molecule has 0 N–H and O–H groups in total. The van der Waals surface area contributed by atoms with Crippen LogP contribution >= 0.6 is 0 Å². The van der Waals surface area contributed by atoms with Gasteiger partial charge in [-0.05, 0) is 201 Å². The van der Waals surface area contributed by atoms with E-state index >= 15 is 0 Å². The van der Waals surface area contributed by atoms with Gasteiger partial charge in [-0.2, -0.15) is 0 Å². The molecule has 0 radical (unpaired) electrons. The summed E-state index contributed by atoms with van der Waals surface area (Å²) in [6, 6.07) is 166. The summed E-state index contributed by atoms with van der Waals surface area (Å²) in [5.41, 5.74) is 31.1. The number of aromatic nitrogens is 12. The highest BCUT2D eigenvalue weighted by Crippen LogP contribution is 2.51. The molecule has 646 valence electrons. The van der Waals surface area contributed by atoms with Crippen LogP contribution < -0.4 is 0 Å². The molecule has 12 nitrogen and oxygen atoms in total. The minimum absolute atomic E-state index is 0.744. The van der Waals surface area contributed by atoms with E-state index in [1.54, 1.807) is 0 Å². The smallest absolute Gasteiger partial charge is 0.221 e. The summed E-state index contributed by atoms with van der Waals surface area (Å²) >= 11 is 0. The summed E-state index contributed by atoms with van der Waals surface area (Å²) in [5.74, 6) is 1.52. The van der Waals surface area contributed by atoms with Gasteiger partial charge in [-0.1, -0.05) is 303 Å². The minimum atomic E-state index is 0.744. The van der Waals surface area contributed by atoms with Gasteiger partial charge in [-0.25, -0.2) is 19.9 Å². The monoisotopic (exact) mass is 1780 g/mol. The van der Waals surface area contributed by atoms with Crippen molar-refractivity contribution >= 4 is 229 Å². The highest BCUT2D eigenvalue weighted by Gasteiger charge is 2.31. The lowest BCUT2D eigenvalue weighted by Gasteiger charge is -2.18. The third kappa shape index (κ3) is 10.3. The Labute approximate surface area is 796 Å². The van der Waals surface area contributed by atoms with E-state index in [-0.39, 0.29) is 0 Å². The Hall–Kier alpha value is -19.0. The molecular weight excluding hydrogens is 1710 g/mol. The van der Waals surface area contributed by atoms with Crippen LogP contribution in [0.3, 0.4) is 0 Å². The van der Waals surface area contributed by atoms with E-state index in [0.717, 1.165) is 232 Å². The van der Waals surface area contributed by atoms with Crippen LogP contribution in [-0.2, 0) is 0 Å². The number of rotatable bonds is 9. The van der Waals surface area contributed by atoms with E-state index in [1.165, 1.54) is 64.9 Å². The zero-order valence-electron chi connectivity index (χ0n) is 75.1. The van der Waals surface area contributed by atoms with Crippen molar-refractivity contribution in [2.45, 2.75) is 0 Å². The minimum Gasteiger partial charge on any atom is -0.309 e. The van der Waals surface area contributed by atoms with Crippen LogP contribution in [0.1, 0.15) is 0 Å². The fraction of sp³-hybridized carbons (Fsp3) is 0. The van der Waals surface area contributed by atoms with Crippen molar-refractivity contribution in [2.24, 2.45) is 0 Å². The van der Waals surface area contributed by atoms with E-state index in [2.05, 4.69) is 485 Å². The maximum absolute atomic E-state index is 6.08. The fourth-order valence-corrected chi connectivity index (χ4v) is 24.5. The second kappa shape index (κ2) is 28.3. The Morgan fingerprint density at radius 3 is 0.936 bits per heavy atom. The molecule has 0 saturated carbocycles. The molecule has 0 spiro atoms. The van der Waals surface area contributed by atoms with Crippen LogP contribution in [0.15, 0.2) is 449 Å². The molecule has 140 heavy (non-hydrogen) atoms. The zero-order valence-corrected chi connectivity index (χ0v) is 75.1. The van der Waals surface area contributed by atoms with E-state index in [1.807, 2.05) is 0 Å². The summed E-state index contributed by atoms with van der Waals surface area (Å²) in [4.78, 5) is 22.9. The highest BCUT2D eigenvalue weighted by molar-refractivity contribution is 6.27. The van der Waals surface area contributed by atoms with Crippen LogP contribution in [-0.4, -0.2) is 56.1 Å². The van der Waals surface area contributed by atoms with Gasteiger partial charge in [0.05, 0.1) is 105 Å². The van der Waals surface area contributed by atoms with Crippen LogP contribution in [0.2, 0.25) is 0 Å². The SMILES string of the molecule is c1ccc2c(c1)ccc1c3ccccc3n(-c3cc(-c4cc5c6ccccc6n(-c6nc7cccc(-c8ccc9c(c8)c8ccccc8n9-c8cc(-c9cc%10c%11ccccc%11n(-c%11nc%12ccccc%12c%12nc%13ccccc%13n%11%12)c%10c%10ccccc9%10)cc(-n9c%10ccccc%10c%10ccccc%109)c8)c7c7nc8ccccc8n67)c5c5ccccc45)cc(-n4c5ccccc5c5ccc6ccccc6c54)c3)c21. The third-order valence-electron chi connectivity index (χ3n) is 30.3. The van der Waals surface area contributed by atoms with Gasteiger partial charge < -0.3 is 18.3 Å². The lowest BCUT2D eigenvalue weighted by Crippen LogP contribution is -2.07. The Bertz CT molecular complexity index is 11000. The first-order valence-electron chi connectivity index (χ1n) is 47.9. The molecule has 0 aliphatic carbocycles. The number of hydrogen-bond acceptors (Lipinski definition) is 4. The molecule has 0 saturated heterocycles. The van der Waals surface area contributed by atoms with Crippen LogP contribution in [0.4, 0.5) is 0 Å². The van der Waals surface area contributed by atoms with Crippen molar-refractivity contribution in [3.05, 3.63) is 449 Å². The van der Waals surface area contributed by atoms with Gasteiger partial charge in [0.2, 0.25) is 11.9 Å². The molecule has 32 aromatic rings. The maximum atomic E-state index is 6.08. The van der Waals surface area contributed by atoms with Gasteiger partial charge in [-0.3, -0.25) is 17.9 Å². The molecule has 0 atom stereocenters. The lowest BCUT2D eigenvalue weighted by molar-refractivity contribution is 0.981. The van der Waals surface area contributed by atoms with Gasteiger partial charge in [0, 0.05) is 114 Å². The van der Waals surface area contributed by atoms with Gasteiger partial charge >= 0.3 is 0 Å². The van der Waals surface area contributed by atoms with Crippen molar-refractivity contribution in [2.75, 3.05) is 0 Å². The second-order valence-electron chi connectivity index (χ2n) is 37.5. The first kappa shape index (κ1) is 75.4. The van der Waals surface area contributed by atoms with Crippen molar-refractivity contribution in [1.82, 2.24) is 56.1 Å². The molecule has 0 unspecified atom stereocenters. The van der Waals surface area contributed by atoms with Crippen molar-refractivity contribution in [3.8, 4) is 68.0 Å². The third-order valence-corrected chi connectivity index (χ3v) is 30.3. The van der Waals surface area contributed by atoms with Crippen molar-refractivity contribution in [1.29, 1.82) is 0 Å². The molecule has 0 fully saturated rings. The summed E-state index contributed by atoms with van der Waals surface area (Å²) in [7, 11) is 0. The highest BCUT2D eigenvalue weighted by atomic mass is 15.2. The summed E-state index contributed by atoms with van der Waals surface area (Å²) < 4.78 is 19.5. The van der Waals surface area contributed by atoms with Crippen LogP contribution in [0.25, 0.3) is 297 Å². The van der Waals surface area contributed by atoms with Gasteiger partial charge in [0.25, 0.3) is 0 Å². The topological polar surface area (TPSA) is 90.0 Å². The molecule has 22 aromatic carbocycles.